The Morgan fingerprint density at radius 3 is 2.57 bits per heavy atom. The maximum atomic E-state index is 12.7. The molecule has 3 rings (SSSR count). The van der Waals surface area contributed by atoms with Crippen molar-refractivity contribution in [3.8, 4) is 6.07 Å². The van der Waals surface area contributed by atoms with Crippen molar-refractivity contribution in [3.05, 3.63) is 34.8 Å². The van der Waals surface area contributed by atoms with E-state index < -0.39 is 10.0 Å². The monoisotopic (exact) mass is 349 g/mol. The van der Waals surface area contributed by atoms with Gasteiger partial charge >= 0.3 is 0 Å². The van der Waals surface area contributed by atoms with Gasteiger partial charge in [0.1, 0.15) is 5.01 Å². The molecule has 120 valence electrons. The Hall–Kier alpha value is -2.02. The molecule has 23 heavy (non-hydrogen) atoms. The van der Waals surface area contributed by atoms with Gasteiger partial charge in [-0.15, -0.1) is 10.2 Å². The minimum absolute atomic E-state index is 0.164. The van der Waals surface area contributed by atoms with E-state index in [4.69, 9.17) is 5.26 Å². The normalized spacial score (nSPS) is 16.3. The highest BCUT2D eigenvalue weighted by atomic mass is 32.2. The van der Waals surface area contributed by atoms with E-state index in [1.54, 1.807) is 12.1 Å². The number of anilines is 1. The summed E-state index contributed by atoms with van der Waals surface area (Å²) in [6, 6.07) is 8.09. The first-order chi connectivity index (χ1) is 11.0. The van der Waals surface area contributed by atoms with E-state index in [0.717, 1.165) is 10.1 Å². The smallest absolute Gasteiger partial charge is 0.243 e. The number of nitriles is 1. The van der Waals surface area contributed by atoms with Gasteiger partial charge < -0.3 is 4.90 Å². The lowest BCUT2D eigenvalue weighted by molar-refractivity contribution is 0.384. The van der Waals surface area contributed by atoms with Gasteiger partial charge in [0.05, 0.1) is 16.5 Å². The van der Waals surface area contributed by atoms with Crippen molar-refractivity contribution in [1.29, 1.82) is 5.26 Å². The van der Waals surface area contributed by atoms with Crippen LogP contribution in [0.5, 0.6) is 0 Å². The molecule has 0 radical (unpaired) electrons. The molecule has 0 atom stereocenters. The van der Waals surface area contributed by atoms with E-state index in [9.17, 15) is 8.42 Å². The lowest BCUT2D eigenvalue weighted by Gasteiger charge is -2.33. The van der Waals surface area contributed by atoms with Gasteiger partial charge in [0, 0.05) is 26.2 Å². The molecule has 9 heteroatoms. The minimum atomic E-state index is -3.57. The topological polar surface area (TPSA) is 90.2 Å². The number of aromatic nitrogens is 2. The third-order valence-corrected chi connectivity index (χ3v) is 6.42. The predicted molar refractivity (Wildman–Crippen MR) is 86.8 cm³/mol. The van der Waals surface area contributed by atoms with Gasteiger partial charge in [0.2, 0.25) is 15.2 Å². The molecule has 0 bridgehead atoms. The lowest BCUT2D eigenvalue weighted by atomic mass is 10.2. The van der Waals surface area contributed by atoms with Crippen molar-refractivity contribution in [3.63, 3.8) is 0 Å². The van der Waals surface area contributed by atoms with E-state index in [1.807, 2.05) is 17.9 Å². The van der Waals surface area contributed by atoms with Crippen LogP contribution in [-0.4, -0.2) is 49.1 Å². The molecule has 0 unspecified atom stereocenters. The Morgan fingerprint density at radius 2 is 1.96 bits per heavy atom. The van der Waals surface area contributed by atoms with Crippen LogP contribution in [-0.2, 0) is 10.0 Å². The molecule has 0 saturated carbocycles. The summed E-state index contributed by atoms with van der Waals surface area (Å²) in [5.74, 6) is 0. The standard InChI is InChI=1S/C14H15N5O2S2/c1-11-16-17-14(22-11)18-5-7-19(8-6-18)23(20,21)13-4-2-3-12(9-13)10-15/h2-4,9H,5-8H2,1H3. The first-order valence-corrected chi connectivity index (χ1v) is 9.32. The molecule has 1 aromatic heterocycles. The average molecular weight is 349 g/mol. The summed E-state index contributed by atoms with van der Waals surface area (Å²) in [5, 5.41) is 18.7. The van der Waals surface area contributed by atoms with Gasteiger partial charge in [-0.3, -0.25) is 0 Å². The molecular formula is C14H15N5O2S2. The number of sulfonamides is 1. The second-order valence-corrected chi connectivity index (χ2v) is 8.23. The first kappa shape index (κ1) is 15.9. The lowest BCUT2D eigenvalue weighted by Crippen LogP contribution is -2.48. The molecule has 1 aliphatic rings. The highest BCUT2D eigenvalue weighted by Gasteiger charge is 2.29. The fourth-order valence-corrected chi connectivity index (χ4v) is 4.62. The van der Waals surface area contributed by atoms with Gasteiger partial charge in [-0.05, 0) is 25.1 Å². The van der Waals surface area contributed by atoms with Gasteiger partial charge in [-0.1, -0.05) is 17.4 Å². The van der Waals surface area contributed by atoms with E-state index in [0.29, 0.717) is 31.7 Å². The number of aryl methyl sites for hydroxylation is 1. The first-order valence-electron chi connectivity index (χ1n) is 7.06. The zero-order valence-electron chi connectivity index (χ0n) is 12.5. The molecular weight excluding hydrogens is 334 g/mol. The van der Waals surface area contributed by atoms with Gasteiger partial charge in [-0.2, -0.15) is 9.57 Å². The summed E-state index contributed by atoms with van der Waals surface area (Å²) in [6.07, 6.45) is 0. The SMILES string of the molecule is Cc1nnc(N2CCN(S(=O)(=O)c3cccc(C#N)c3)CC2)s1. The van der Waals surface area contributed by atoms with Crippen molar-refractivity contribution >= 4 is 26.5 Å². The largest absolute Gasteiger partial charge is 0.344 e. The van der Waals surface area contributed by atoms with Crippen LogP contribution in [0.2, 0.25) is 0 Å². The number of hydrogen-bond donors (Lipinski definition) is 0. The maximum Gasteiger partial charge on any atom is 0.243 e. The van der Waals surface area contributed by atoms with Crippen molar-refractivity contribution in [1.82, 2.24) is 14.5 Å². The van der Waals surface area contributed by atoms with Gasteiger partial charge in [0.25, 0.3) is 0 Å². The van der Waals surface area contributed by atoms with Crippen LogP contribution in [0.3, 0.4) is 0 Å². The Bertz CT molecular complexity index is 848. The van der Waals surface area contributed by atoms with Crippen LogP contribution < -0.4 is 4.90 Å². The van der Waals surface area contributed by atoms with Crippen LogP contribution in [0.4, 0.5) is 5.13 Å². The molecule has 1 aromatic carbocycles. The molecule has 0 aliphatic carbocycles. The predicted octanol–water partition coefficient (Wildman–Crippen LogP) is 1.23. The molecule has 1 fully saturated rings. The van der Waals surface area contributed by atoms with Crippen molar-refractivity contribution in [2.75, 3.05) is 31.1 Å². The number of benzene rings is 1. The van der Waals surface area contributed by atoms with E-state index in [2.05, 4.69) is 10.2 Å². The van der Waals surface area contributed by atoms with Crippen molar-refractivity contribution < 1.29 is 8.42 Å². The summed E-state index contributed by atoms with van der Waals surface area (Å²) >= 11 is 1.50. The summed E-state index contributed by atoms with van der Waals surface area (Å²) in [7, 11) is -3.57. The van der Waals surface area contributed by atoms with E-state index in [-0.39, 0.29) is 4.90 Å². The summed E-state index contributed by atoms with van der Waals surface area (Å²) in [5.41, 5.74) is 0.342. The molecule has 0 amide bonds. The zero-order valence-corrected chi connectivity index (χ0v) is 14.1. The second-order valence-electron chi connectivity index (χ2n) is 5.13. The third-order valence-electron chi connectivity index (χ3n) is 3.63. The fraction of sp³-hybridized carbons (Fsp3) is 0.357. The fourth-order valence-electron chi connectivity index (χ4n) is 2.41. The van der Waals surface area contributed by atoms with Crippen LogP contribution in [0.15, 0.2) is 29.2 Å². The zero-order chi connectivity index (χ0) is 16.4. The number of piperazine rings is 1. The highest BCUT2D eigenvalue weighted by molar-refractivity contribution is 7.89. The molecule has 7 nitrogen and oxygen atoms in total. The quantitative estimate of drug-likeness (QED) is 0.828. The Kier molecular flexibility index (Phi) is 4.30. The van der Waals surface area contributed by atoms with Crippen LogP contribution in [0.1, 0.15) is 10.6 Å². The molecule has 2 heterocycles. The number of nitrogens with zero attached hydrogens (tertiary/aromatic N) is 5. The molecule has 1 aliphatic heterocycles. The minimum Gasteiger partial charge on any atom is -0.344 e. The highest BCUT2D eigenvalue weighted by Crippen LogP contribution is 2.23. The summed E-state index contributed by atoms with van der Waals surface area (Å²) < 4.78 is 26.8. The molecule has 0 N–H and O–H groups in total. The summed E-state index contributed by atoms with van der Waals surface area (Å²) in [6.45, 7) is 3.82. The van der Waals surface area contributed by atoms with Crippen LogP contribution >= 0.6 is 11.3 Å². The van der Waals surface area contributed by atoms with E-state index in [1.165, 1.54) is 27.8 Å². The average Bonchev–Trinajstić information content (AvgIpc) is 3.01. The molecule has 0 spiro atoms. The number of hydrogen-bond acceptors (Lipinski definition) is 7. The van der Waals surface area contributed by atoms with Crippen LogP contribution in [0.25, 0.3) is 0 Å². The summed E-state index contributed by atoms with van der Waals surface area (Å²) in [4.78, 5) is 2.21. The van der Waals surface area contributed by atoms with Crippen LogP contribution in [0, 0.1) is 18.3 Å². The number of rotatable bonds is 3. The van der Waals surface area contributed by atoms with Crippen molar-refractivity contribution in [2.45, 2.75) is 11.8 Å². The Labute approximate surface area is 138 Å². The Morgan fingerprint density at radius 1 is 1.22 bits per heavy atom. The van der Waals surface area contributed by atoms with Gasteiger partial charge in [0.15, 0.2) is 0 Å². The molecule has 1 saturated heterocycles. The van der Waals surface area contributed by atoms with E-state index >= 15 is 0 Å². The molecule has 2 aromatic rings. The Balaban J connectivity index is 1.74. The third kappa shape index (κ3) is 3.19. The van der Waals surface area contributed by atoms with Gasteiger partial charge in [-0.25, -0.2) is 8.42 Å². The second kappa shape index (κ2) is 6.23. The van der Waals surface area contributed by atoms with Crippen molar-refractivity contribution in [2.24, 2.45) is 0 Å². The maximum absolute atomic E-state index is 12.7.